The Labute approximate surface area is 96.8 Å². The molecule has 1 atom stereocenters. The largest absolute Gasteiger partial charge is 0.339 e. The van der Waals surface area contributed by atoms with Crippen LogP contribution in [0.2, 0.25) is 0 Å². The average molecular weight is 223 g/mol. The molecule has 0 bridgehead atoms. The summed E-state index contributed by atoms with van der Waals surface area (Å²) in [6.07, 6.45) is 4.43. The molecule has 0 radical (unpaired) electrons. The Balaban J connectivity index is 1.90. The third-order valence-electron chi connectivity index (χ3n) is 3.06. The van der Waals surface area contributed by atoms with Gasteiger partial charge in [-0.15, -0.1) is 0 Å². The van der Waals surface area contributed by atoms with Crippen molar-refractivity contribution in [2.24, 2.45) is 11.8 Å². The van der Waals surface area contributed by atoms with Gasteiger partial charge in [-0.25, -0.2) is 0 Å². The lowest BCUT2D eigenvalue weighted by molar-refractivity contribution is 0.347. The Morgan fingerprint density at radius 2 is 2.12 bits per heavy atom. The van der Waals surface area contributed by atoms with Crippen LogP contribution in [0, 0.1) is 11.8 Å². The van der Waals surface area contributed by atoms with Crippen molar-refractivity contribution in [3.8, 4) is 0 Å². The smallest absolute Gasteiger partial charge is 0.228 e. The number of likely N-dealkylation sites (N-methyl/N-ethyl adjacent to an activating group) is 1. The summed E-state index contributed by atoms with van der Waals surface area (Å²) in [6.45, 7) is 4.33. The van der Waals surface area contributed by atoms with E-state index in [0.717, 1.165) is 30.5 Å². The van der Waals surface area contributed by atoms with E-state index in [9.17, 15) is 0 Å². The van der Waals surface area contributed by atoms with Gasteiger partial charge in [-0.2, -0.15) is 4.98 Å². The highest BCUT2D eigenvalue weighted by atomic mass is 16.5. The Bertz CT molecular complexity index is 331. The van der Waals surface area contributed by atoms with E-state index in [1.54, 1.807) is 0 Å². The van der Waals surface area contributed by atoms with Crippen LogP contribution < -0.4 is 5.32 Å². The Kier molecular flexibility index (Phi) is 3.59. The number of nitrogens with zero attached hydrogens (tertiary/aromatic N) is 2. The van der Waals surface area contributed by atoms with Gasteiger partial charge in [-0.3, -0.25) is 0 Å². The minimum Gasteiger partial charge on any atom is -0.339 e. The molecule has 1 heterocycles. The molecule has 1 aliphatic carbocycles. The van der Waals surface area contributed by atoms with Gasteiger partial charge in [0.25, 0.3) is 0 Å². The Hall–Kier alpha value is -0.900. The molecule has 1 saturated carbocycles. The minimum absolute atomic E-state index is 0.507. The third kappa shape index (κ3) is 3.04. The van der Waals surface area contributed by atoms with Crippen molar-refractivity contribution in [2.45, 2.75) is 45.6 Å². The molecule has 0 aliphatic heterocycles. The fraction of sp³-hybridized carbons (Fsp3) is 0.833. The van der Waals surface area contributed by atoms with E-state index in [0.29, 0.717) is 12.0 Å². The zero-order valence-corrected chi connectivity index (χ0v) is 10.4. The van der Waals surface area contributed by atoms with Crippen molar-refractivity contribution in [3.63, 3.8) is 0 Å². The van der Waals surface area contributed by atoms with E-state index in [1.165, 1.54) is 12.8 Å². The molecule has 1 aliphatic rings. The molecule has 4 heteroatoms. The molecule has 1 fully saturated rings. The second kappa shape index (κ2) is 4.95. The first-order chi connectivity index (χ1) is 7.69. The Morgan fingerprint density at radius 1 is 1.38 bits per heavy atom. The van der Waals surface area contributed by atoms with Crippen molar-refractivity contribution >= 4 is 0 Å². The van der Waals surface area contributed by atoms with Crippen LogP contribution in [-0.4, -0.2) is 23.2 Å². The van der Waals surface area contributed by atoms with Crippen molar-refractivity contribution in [1.82, 2.24) is 15.5 Å². The summed E-state index contributed by atoms with van der Waals surface area (Å²) in [5, 5.41) is 7.34. The van der Waals surface area contributed by atoms with Crippen LogP contribution in [0.25, 0.3) is 0 Å². The second-order valence-electron chi connectivity index (χ2n) is 5.14. The summed E-state index contributed by atoms with van der Waals surface area (Å²) in [5.41, 5.74) is 0. The molecule has 0 saturated heterocycles. The molecule has 1 aromatic rings. The highest BCUT2D eigenvalue weighted by molar-refractivity contribution is 4.95. The summed E-state index contributed by atoms with van der Waals surface area (Å²) in [4.78, 5) is 4.43. The second-order valence-corrected chi connectivity index (χ2v) is 5.14. The number of hydrogen-bond acceptors (Lipinski definition) is 4. The van der Waals surface area contributed by atoms with Crippen molar-refractivity contribution < 1.29 is 4.52 Å². The first-order valence-electron chi connectivity index (χ1n) is 6.17. The van der Waals surface area contributed by atoms with Gasteiger partial charge >= 0.3 is 0 Å². The van der Waals surface area contributed by atoms with Crippen LogP contribution in [-0.2, 0) is 12.8 Å². The van der Waals surface area contributed by atoms with Crippen LogP contribution in [0.4, 0.5) is 0 Å². The SMILES string of the molecule is CNC(Cc1nc(CC(C)C)no1)C1CC1. The van der Waals surface area contributed by atoms with Crippen LogP contribution in [0.5, 0.6) is 0 Å². The zero-order valence-electron chi connectivity index (χ0n) is 10.4. The van der Waals surface area contributed by atoms with Crippen LogP contribution in [0.3, 0.4) is 0 Å². The summed E-state index contributed by atoms with van der Waals surface area (Å²) in [5.74, 6) is 3.01. The molecule has 1 N–H and O–H groups in total. The number of rotatable bonds is 6. The van der Waals surface area contributed by atoms with Gasteiger partial charge in [0, 0.05) is 18.9 Å². The van der Waals surface area contributed by atoms with E-state index in [4.69, 9.17) is 4.52 Å². The maximum absolute atomic E-state index is 5.27. The van der Waals surface area contributed by atoms with Crippen molar-refractivity contribution in [2.75, 3.05) is 7.05 Å². The van der Waals surface area contributed by atoms with Crippen LogP contribution in [0.15, 0.2) is 4.52 Å². The Morgan fingerprint density at radius 3 is 2.69 bits per heavy atom. The lowest BCUT2D eigenvalue weighted by Crippen LogP contribution is -2.29. The molecular weight excluding hydrogens is 202 g/mol. The summed E-state index contributed by atoms with van der Waals surface area (Å²) < 4.78 is 5.27. The van der Waals surface area contributed by atoms with Crippen molar-refractivity contribution in [1.29, 1.82) is 0 Å². The molecule has 1 unspecified atom stereocenters. The standard InChI is InChI=1S/C12H21N3O/c1-8(2)6-11-14-12(16-15-11)7-10(13-3)9-4-5-9/h8-10,13H,4-7H2,1-3H3. The van der Waals surface area contributed by atoms with Gasteiger partial charge in [-0.05, 0) is 31.7 Å². The van der Waals surface area contributed by atoms with E-state index in [1.807, 2.05) is 7.05 Å². The summed E-state index contributed by atoms with van der Waals surface area (Å²) in [6, 6.07) is 0.507. The number of hydrogen-bond donors (Lipinski definition) is 1. The molecule has 16 heavy (non-hydrogen) atoms. The predicted molar refractivity (Wildman–Crippen MR) is 62.1 cm³/mol. The molecule has 90 valence electrons. The molecule has 0 aromatic carbocycles. The van der Waals surface area contributed by atoms with Crippen LogP contribution in [0.1, 0.15) is 38.4 Å². The summed E-state index contributed by atoms with van der Waals surface area (Å²) >= 11 is 0. The lowest BCUT2D eigenvalue weighted by Gasteiger charge is -2.11. The monoisotopic (exact) mass is 223 g/mol. The molecule has 1 aromatic heterocycles. The molecule has 0 amide bonds. The maximum Gasteiger partial charge on any atom is 0.228 e. The summed E-state index contributed by atoms with van der Waals surface area (Å²) in [7, 11) is 2.01. The lowest BCUT2D eigenvalue weighted by atomic mass is 10.1. The highest BCUT2D eigenvalue weighted by Crippen LogP contribution is 2.33. The molecular formula is C12H21N3O. The quantitative estimate of drug-likeness (QED) is 0.799. The first kappa shape index (κ1) is 11.6. The van der Waals surface area contributed by atoms with Crippen LogP contribution >= 0.6 is 0 Å². The molecule has 2 rings (SSSR count). The van der Waals surface area contributed by atoms with Crippen molar-refractivity contribution in [3.05, 3.63) is 11.7 Å². The predicted octanol–water partition coefficient (Wildman–Crippen LogP) is 1.81. The van der Waals surface area contributed by atoms with E-state index in [-0.39, 0.29) is 0 Å². The fourth-order valence-corrected chi connectivity index (χ4v) is 2.01. The fourth-order valence-electron chi connectivity index (χ4n) is 2.01. The number of nitrogens with one attached hydrogen (secondary N) is 1. The average Bonchev–Trinajstić information content (AvgIpc) is 2.98. The first-order valence-corrected chi connectivity index (χ1v) is 6.17. The van der Waals surface area contributed by atoms with Gasteiger partial charge in [0.1, 0.15) is 0 Å². The number of aromatic nitrogens is 2. The van der Waals surface area contributed by atoms with E-state index in [2.05, 4.69) is 29.3 Å². The van der Waals surface area contributed by atoms with Gasteiger partial charge < -0.3 is 9.84 Å². The van der Waals surface area contributed by atoms with E-state index < -0.39 is 0 Å². The molecule has 4 nitrogen and oxygen atoms in total. The zero-order chi connectivity index (χ0) is 11.5. The molecule has 0 spiro atoms. The van der Waals surface area contributed by atoms with Gasteiger partial charge in [-0.1, -0.05) is 19.0 Å². The topological polar surface area (TPSA) is 51.0 Å². The van der Waals surface area contributed by atoms with E-state index >= 15 is 0 Å². The van der Waals surface area contributed by atoms with Gasteiger partial charge in [0.2, 0.25) is 5.89 Å². The third-order valence-corrected chi connectivity index (χ3v) is 3.06. The van der Waals surface area contributed by atoms with Gasteiger partial charge in [0.15, 0.2) is 5.82 Å². The highest BCUT2D eigenvalue weighted by Gasteiger charge is 2.31. The minimum atomic E-state index is 0.507. The normalized spacial score (nSPS) is 18.0. The van der Waals surface area contributed by atoms with Gasteiger partial charge in [0.05, 0.1) is 0 Å². The maximum atomic E-state index is 5.27.